The van der Waals surface area contributed by atoms with E-state index >= 15 is 0 Å². The Balaban J connectivity index is 1.43. The first-order valence-corrected chi connectivity index (χ1v) is 11.3. The van der Waals surface area contributed by atoms with Gasteiger partial charge in [0.25, 0.3) is 0 Å². The van der Waals surface area contributed by atoms with Crippen LogP contribution in [0, 0.1) is 11.2 Å². The summed E-state index contributed by atoms with van der Waals surface area (Å²) in [6.45, 7) is -0.840. The van der Waals surface area contributed by atoms with Crippen molar-refractivity contribution in [3.8, 4) is 0 Å². The Bertz CT molecular complexity index is 1400. The highest BCUT2D eigenvalue weighted by Crippen LogP contribution is 2.49. The molecule has 4 atom stereocenters. The predicted octanol–water partition coefficient (Wildman–Crippen LogP) is 3.80. The van der Waals surface area contributed by atoms with Gasteiger partial charge in [0.2, 0.25) is 0 Å². The molecule has 0 unspecified atom stereocenters. The SMILES string of the molecule is Nc1nc2cc(CC[C@@]3(CF)C[C@@H](n4ccc5c(N)ccnc54)[C@H](O)[C@@H]3O)cc(F)c2cc1Cl. The zero-order valence-electron chi connectivity index (χ0n) is 18.1. The van der Waals surface area contributed by atoms with Crippen LogP contribution in [0.5, 0.6) is 0 Å². The highest BCUT2D eigenvalue weighted by Gasteiger charge is 2.53. The Labute approximate surface area is 199 Å². The number of hydrogen-bond acceptors (Lipinski definition) is 6. The van der Waals surface area contributed by atoms with Crippen LogP contribution in [0.25, 0.3) is 21.9 Å². The Morgan fingerprint density at radius 1 is 1.18 bits per heavy atom. The molecule has 178 valence electrons. The number of nitrogen functional groups attached to an aromatic ring is 2. The molecule has 1 fully saturated rings. The van der Waals surface area contributed by atoms with Gasteiger partial charge >= 0.3 is 0 Å². The van der Waals surface area contributed by atoms with Crippen LogP contribution in [0.1, 0.15) is 24.4 Å². The van der Waals surface area contributed by atoms with E-state index < -0.39 is 36.2 Å². The Morgan fingerprint density at radius 2 is 1.97 bits per heavy atom. The summed E-state index contributed by atoms with van der Waals surface area (Å²) in [5.74, 6) is -0.417. The topological polar surface area (TPSA) is 123 Å². The molecular formula is C24H24ClF2N5O2. The lowest BCUT2D eigenvalue weighted by Crippen LogP contribution is -2.38. The van der Waals surface area contributed by atoms with Gasteiger partial charge in [-0.2, -0.15) is 0 Å². The van der Waals surface area contributed by atoms with Gasteiger partial charge in [0.05, 0.1) is 29.4 Å². The molecule has 1 aliphatic carbocycles. The molecule has 0 bridgehead atoms. The molecule has 4 aromatic rings. The number of rotatable bonds is 5. The van der Waals surface area contributed by atoms with Crippen LogP contribution in [-0.2, 0) is 6.42 Å². The van der Waals surface area contributed by atoms with Gasteiger partial charge in [0.1, 0.15) is 23.4 Å². The minimum absolute atomic E-state index is 0.0938. The van der Waals surface area contributed by atoms with Gasteiger partial charge in [-0.15, -0.1) is 0 Å². The number of aromatic nitrogens is 3. The van der Waals surface area contributed by atoms with E-state index in [2.05, 4.69) is 9.97 Å². The van der Waals surface area contributed by atoms with Crippen LogP contribution in [0.4, 0.5) is 20.3 Å². The molecule has 0 spiro atoms. The van der Waals surface area contributed by atoms with Gasteiger partial charge in [0.15, 0.2) is 0 Å². The van der Waals surface area contributed by atoms with Gasteiger partial charge in [0, 0.05) is 34.3 Å². The largest absolute Gasteiger partial charge is 0.398 e. The van der Waals surface area contributed by atoms with Gasteiger partial charge in [-0.25, -0.2) is 14.4 Å². The van der Waals surface area contributed by atoms with Crippen molar-refractivity contribution in [2.24, 2.45) is 5.41 Å². The summed E-state index contributed by atoms with van der Waals surface area (Å²) in [6.07, 6.45) is 1.45. The van der Waals surface area contributed by atoms with E-state index in [1.807, 2.05) is 0 Å². The van der Waals surface area contributed by atoms with Gasteiger partial charge < -0.3 is 26.2 Å². The number of aliphatic hydroxyl groups is 2. The van der Waals surface area contributed by atoms with Crippen molar-refractivity contribution in [3.63, 3.8) is 0 Å². The first kappa shape index (κ1) is 22.8. The van der Waals surface area contributed by atoms with Crippen LogP contribution < -0.4 is 11.5 Å². The van der Waals surface area contributed by atoms with Crippen molar-refractivity contribution in [1.82, 2.24) is 14.5 Å². The van der Waals surface area contributed by atoms with Crippen LogP contribution in [0.2, 0.25) is 5.02 Å². The Morgan fingerprint density at radius 3 is 2.74 bits per heavy atom. The standard InChI is InChI=1S/C24H24ClF2N5O2/c25-15-9-14-16(27)7-12(8-18(14)31-22(15)29)1-4-24(11-26)10-19(20(33)21(24)34)32-6-3-13-17(28)2-5-30-23(13)32/h2-3,5-9,19-21,33-34H,1,4,10-11H2,(H2,28,30)(H2,29,31)/t19-,20+,21+,24+/m1/s1. The molecule has 1 aliphatic rings. The smallest absolute Gasteiger partial charge is 0.142 e. The predicted molar refractivity (Wildman–Crippen MR) is 128 cm³/mol. The molecule has 1 saturated carbocycles. The minimum Gasteiger partial charge on any atom is -0.398 e. The molecule has 3 aromatic heterocycles. The van der Waals surface area contributed by atoms with Crippen molar-refractivity contribution >= 4 is 45.0 Å². The lowest BCUT2D eigenvalue weighted by atomic mass is 9.79. The molecular weight excluding hydrogens is 464 g/mol. The summed E-state index contributed by atoms with van der Waals surface area (Å²) >= 11 is 5.95. The van der Waals surface area contributed by atoms with Gasteiger partial charge in [-0.1, -0.05) is 11.6 Å². The third kappa shape index (κ3) is 3.55. The molecule has 10 heteroatoms. The zero-order valence-corrected chi connectivity index (χ0v) is 18.9. The molecule has 3 heterocycles. The molecule has 7 nitrogen and oxygen atoms in total. The number of benzene rings is 1. The first-order chi connectivity index (χ1) is 16.2. The van der Waals surface area contributed by atoms with Crippen LogP contribution >= 0.6 is 11.6 Å². The quantitative estimate of drug-likeness (QED) is 0.339. The normalized spacial score (nSPS) is 24.9. The second-order valence-electron chi connectivity index (χ2n) is 9.06. The summed E-state index contributed by atoms with van der Waals surface area (Å²) < 4.78 is 30.9. The summed E-state index contributed by atoms with van der Waals surface area (Å²) in [5.41, 5.74) is 12.6. The van der Waals surface area contributed by atoms with E-state index in [9.17, 15) is 19.0 Å². The monoisotopic (exact) mass is 487 g/mol. The minimum atomic E-state index is -1.31. The maximum absolute atomic E-state index is 14.7. The lowest BCUT2D eigenvalue weighted by molar-refractivity contribution is -0.0395. The summed E-state index contributed by atoms with van der Waals surface area (Å²) in [5, 5.41) is 22.9. The highest BCUT2D eigenvalue weighted by molar-refractivity contribution is 6.33. The van der Waals surface area contributed by atoms with E-state index in [0.717, 1.165) is 5.39 Å². The van der Waals surface area contributed by atoms with E-state index in [-0.39, 0.29) is 35.5 Å². The third-order valence-electron chi connectivity index (χ3n) is 7.07. The molecule has 34 heavy (non-hydrogen) atoms. The second-order valence-corrected chi connectivity index (χ2v) is 9.47. The maximum Gasteiger partial charge on any atom is 0.142 e. The van der Waals surface area contributed by atoms with Crippen molar-refractivity contribution in [3.05, 3.63) is 59.1 Å². The average Bonchev–Trinajstić information content (AvgIpc) is 3.35. The Hall–Kier alpha value is -3.01. The van der Waals surface area contributed by atoms with Crippen molar-refractivity contribution < 1.29 is 19.0 Å². The lowest BCUT2D eigenvalue weighted by Gasteiger charge is -2.30. The zero-order chi connectivity index (χ0) is 24.2. The molecule has 0 amide bonds. The van der Waals surface area contributed by atoms with Gasteiger partial charge in [-0.3, -0.25) is 4.39 Å². The first-order valence-electron chi connectivity index (χ1n) is 10.9. The number of aryl methyl sites for hydroxylation is 1. The average molecular weight is 488 g/mol. The molecule has 0 radical (unpaired) electrons. The molecule has 0 saturated heterocycles. The van der Waals surface area contributed by atoms with E-state index in [1.165, 1.54) is 12.1 Å². The number of fused-ring (bicyclic) bond motifs is 2. The van der Waals surface area contributed by atoms with Gasteiger partial charge in [-0.05, 0) is 55.2 Å². The number of nitrogens with two attached hydrogens (primary N) is 2. The van der Waals surface area contributed by atoms with Crippen molar-refractivity contribution in [2.45, 2.75) is 37.5 Å². The number of anilines is 2. The molecule has 5 rings (SSSR count). The van der Waals surface area contributed by atoms with Crippen molar-refractivity contribution in [1.29, 1.82) is 0 Å². The van der Waals surface area contributed by atoms with Crippen LogP contribution in [0.15, 0.2) is 42.7 Å². The Kier molecular flexibility index (Phi) is 5.58. The fourth-order valence-electron chi connectivity index (χ4n) is 5.10. The van der Waals surface area contributed by atoms with E-state index in [1.54, 1.807) is 35.2 Å². The molecule has 0 aliphatic heterocycles. The number of pyridine rings is 2. The summed E-state index contributed by atoms with van der Waals surface area (Å²) in [6, 6.07) is 7.33. The fraction of sp³-hybridized carbons (Fsp3) is 0.333. The number of alkyl halides is 1. The summed E-state index contributed by atoms with van der Waals surface area (Å²) in [4.78, 5) is 8.50. The molecule has 6 N–H and O–H groups in total. The third-order valence-corrected chi connectivity index (χ3v) is 7.37. The highest BCUT2D eigenvalue weighted by atomic mass is 35.5. The molecule has 1 aromatic carbocycles. The van der Waals surface area contributed by atoms with E-state index in [4.69, 9.17) is 23.1 Å². The maximum atomic E-state index is 14.7. The second kappa shape index (κ2) is 8.33. The summed E-state index contributed by atoms with van der Waals surface area (Å²) in [7, 11) is 0. The fourth-order valence-corrected chi connectivity index (χ4v) is 5.26. The van der Waals surface area contributed by atoms with E-state index in [0.29, 0.717) is 22.4 Å². The van der Waals surface area contributed by atoms with Crippen molar-refractivity contribution in [2.75, 3.05) is 18.1 Å². The van der Waals surface area contributed by atoms with Crippen LogP contribution in [-0.4, -0.2) is 43.6 Å². The number of halogens is 3. The number of nitrogens with zero attached hydrogens (tertiary/aromatic N) is 3. The van der Waals surface area contributed by atoms with Crippen LogP contribution in [0.3, 0.4) is 0 Å². The number of hydrogen-bond donors (Lipinski definition) is 4. The number of aliphatic hydroxyl groups excluding tert-OH is 2.